The maximum atomic E-state index is 11.4. The third kappa shape index (κ3) is 3.33. The smallest absolute Gasteiger partial charge is 0.139 e. The lowest BCUT2D eigenvalue weighted by Gasteiger charge is -2.33. The van der Waals surface area contributed by atoms with Gasteiger partial charge >= 0.3 is 0 Å². The quantitative estimate of drug-likeness (QED) is 0.747. The normalized spacial score (nSPS) is 15.0. The molecular weight excluding hydrogens is 326 g/mol. The molecule has 0 saturated heterocycles. The zero-order chi connectivity index (χ0) is 17.2. The van der Waals surface area contributed by atoms with Crippen molar-refractivity contribution in [3.8, 4) is 0 Å². The van der Waals surface area contributed by atoms with E-state index in [9.17, 15) is 10.2 Å². The Morgan fingerprint density at radius 1 is 1.12 bits per heavy atom. The Morgan fingerprint density at radius 2 is 1.79 bits per heavy atom. The van der Waals surface area contributed by atoms with E-state index in [2.05, 4.69) is 10.1 Å². The molecule has 1 heterocycles. The first kappa shape index (κ1) is 16.6. The predicted molar refractivity (Wildman–Crippen MR) is 91.5 cm³/mol. The first-order chi connectivity index (χ1) is 11.5. The van der Waals surface area contributed by atoms with Crippen LogP contribution in [0.15, 0.2) is 61.2 Å². The zero-order valence-corrected chi connectivity index (χ0v) is 13.9. The van der Waals surface area contributed by atoms with E-state index in [0.29, 0.717) is 16.1 Å². The topological polar surface area (TPSA) is 71.2 Å². The summed E-state index contributed by atoms with van der Waals surface area (Å²) in [5.41, 5.74) is 0.680. The number of hydrogen-bond donors (Lipinski definition) is 2. The van der Waals surface area contributed by atoms with E-state index in [1.54, 1.807) is 24.3 Å². The molecule has 1 aromatic heterocycles. The Bertz CT molecular complexity index is 788. The molecule has 0 aliphatic heterocycles. The molecule has 2 aromatic carbocycles. The van der Waals surface area contributed by atoms with E-state index in [1.807, 2.05) is 31.2 Å². The summed E-state index contributed by atoms with van der Waals surface area (Å²) in [4.78, 5) is 3.90. The standard InChI is InChI=1S/C18H18ClN3O2/c1-13-2-4-14(5-3-13)17(23)18(24,10-22-12-20-11-21-22)15-6-8-16(19)9-7-15/h2-9,11-12,17,23-24H,10H2,1H3. The highest BCUT2D eigenvalue weighted by molar-refractivity contribution is 6.30. The van der Waals surface area contributed by atoms with Gasteiger partial charge in [-0.05, 0) is 30.2 Å². The van der Waals surface area contributed by atoms with Crippen LogP contribution in [0.25, 0.3) is 0 Å². The van der Waals surface area contributed by atoms with E-state index in [0.717, 1.165) is 5.56 Å². The molecule has 24 heavy (non-hydrogen) atoms. The second-order valence-corrected chi connectivity index (χ2v) is 6.27. The lowest BCUT2D eigenvalue weighted by atomic mass is 9.84. The minimum absolute atomic E-state index is 0.0592. The third-order valence-electron chi connectivity index (χ3n) is 4.06. The van der Waals surface area contributed by atoms with E-state index in [1.165, 1.54) is 17.3 Å². The van der Waals surface area contributed by atoms with Gasteiger partial charge in [-0.3, -0.25) is 0 Å². The Balaban J connectivity index is 2.03. The first-order valence-electron chi connectivity index (χ1n) is 7.54. The van der Waals surface area contributed by atoms with Gasteiger partial charge < -0.3 is 10.2 Å². The molecule has 124 valence electrons. The number of aliphatic hydroxyl groups excluding tert-OH is 1. The van der Waals surface area contributed by atoms with Crippen LogP contribution in [0.3, 0.4) is 0 Å². The van der Waals surface area contributed by atoms with Crippen LogP contribution in [0.5, 0.6) is 0 Å². The average Bonchev–Trinajstić information content (AvgIpc) is 3.08. The number of aryl methyl sites for hydroxylation is 1. The van der Waals surface area contributed by atoms with Crippen molar-refractivity contribution in [1.82, 2.24) is 14.8 Å². The van der Waals surface area contributed by atoms with Crippen molar-refractivity contribution in [2.75, 3.05) is 0 Å². The van der Waals surface area contributed by atoms with Gasteiger partial charge in [0.25, 0.3) is 0 Å². The van der Waals surface area contributed by atoms with Crippen LogP contribution >= 0.6 is 11.6 Å². The van der Waals surface area contributed by atoms with Gasteiger partial charge in [-0.1, -0.05) is 53.6 Å². The van der Waals surface area contributed by atoms with E-state index in [4.69, 9.17) is 11.6 Å². The Hall–Kier alpha value is -2.21. The first-order valence-corrected chi connectivity index (χ1v) is 7.92. The summed E-state index contributed by atoms with van der Waals surface area (Å²) in [5, 5.41) is 26.9. The predicted octanol–water partition coefficient (Wildman–Crippen LogP) is 2.86. The largest absolute Gasteiger partial charge is 0.385 e. The van der Waals surface area contributed by atoms with Crippen molar-refractivity contribution in [2.24, 2.45) is 0 Å². The number of rotatable bonds is 5. The SMILES string of the molecule is Cc1ccc(C(O)C(O)(Cn2cncn2)c2ccc(Cl)cc2)cc1. The lowest BCUT2D eigenvalue weighted by molar-refractivity contribution is -0.0965. The minimum atomic E-state index is -1.58. The van der Waals surface area contributed by atoms with Crippen molar-refractivity contribution in [3.63, 3.8) is 0 Å². The lowest BCUT2D eigenvalue weighted by Crippen LogP contribution is -2.38. The van der Waals surface area contributed by atoms with E-state index >= 15 is 0 Å². The molecular formula is C18H18ClN3O2. The maximum Gasteiger partial charge on any atom is 0.139 e. The van der Waals surface area contributed by atoms with Gasteiger partial charge in [-0.15, -0.1) is 0 Å². The summed E-state index contributed by atoms with van der Waals surface area (Å²) >= 11 is 5.95. The fourth-order valence-electron chi connectivity index (χ4n) is 2.66. The maximum absolute atomic E-state index is 11.4. The number of halogens is 1. The number of hydrogen-bond acceptors (Lipinski definition) is 4. The van der Waals surface area contributed by atoms with Crippen LogP contribution < -0.4 is 0 Å². The van der Waals surface area contributed by atoms with Gasteiger partial charge in [0, 0.05) is 5.02 Å². The van der Waals surface area contributed by atoms with E-state index < -0.39 is 11.7 Å². The summed E-state index contributed by atoms with van der Waals surface area (Å²) < 4.78 is 1.49. The molecule has 0 aliphatic rings. The molecule has 0 aliphatic carbocycles. The number of aliphatic hydroxyl groups is 2. The molecule has 0 spiro atoms. The van der Waals surface area contributed by atoms with Crippen LogP contribution in [0.2, 0.25) is 5.02 Å². The molecule has 0 bridgehead atoms. The molecule has 3 rings (SSSR count). The van der Waals surface area contributed by atoms with Crippen molar-refractivity contribution >= 4 is 11.6 Å². The fraction of sp³-hybridized carbons (Fsp3) is 0.222. The van der Waals surface area contributed by atoms with Gasteiger partial charge in [0.2, 0.25) is 0 Å². The molecule has 0 amide bonds. The Kier molecular flexibility index (Phi) is 4.66. The highest BCUT2D eigenvalue weighted by Crippen LogP contribution is 2.37. The summed E-state index contributed by atoms with van der Waals surface area (Å²) in [7, 11) is 0. The Morgan fingerprint density at radius 3 is 2.38 bits per heavy atom. The average molecular weight is 344 g/mol. The molecule has 0 saturated carbocycles. The van der Waals surface area contributed by atoms with Crippen LogP contribution in [-0.4, -0.2) is 25.0 Å². The van der Waals surface area contributed by atoms with Crippen LogP contribution in [0, 0.1) is 6.92 Å². The molecule has 2 N–H and O–H groups in total. The monoisotopic (exact) mass is 343 g/mol. The van der Waals surface area contributed by atoms with Crippen molar-refractivity contribution in [2.45, 2.75) is 25.2 Å². The van der Waals surface area contributed by atoms with Crippen LogP contribution in [0.4, 0.5) is 0 Å². The van der Waals surface area contributed by atoms with Gasteiger partial charge in [0.1, 0.15) is 24.4 Å². The minimum Gasteiger partial charge on any atom is -0.385 e. The zero-order valence-electron chi connectivity index (χ0n) is 13.2. The number of benzene rings is 2. The number of nitrogens with zero attached hydrogens (tertiary/aromatic N) is 3. The van der Waals surface area contributed by atoms with E-state index in [-0.39, 0.29) is 6.54 Å². The second-order valence-electron chi connectivity index (χ2n) is 5.84. The molecule has 0 fully saturated rings. The molecule has 0 radical (unpaired) electrons. The highest BCUT2D eigenvalue weighted by Gasteiger charge is 2.39. The van der Waals surface area contributed by atoms with Gasteiger partial charge in [-0.2, -0.15) is 5.10 Å². The fourth-order valence-corrected chi connectivity index (χ4v) is 2.79. The summed E-state index contributed by atoms with van der Waals surface area (Å²) in [6, 6.07) is 14.2. The van der Waals surface area contributed by atoms with Crippen LogP contribution in [-0.2, 0) is 12.1 Å². The summed E-state index contributed by atoms with van der Waals surface area (Å²) in [6.45, 7) is 2.03. The van der Waals surface area contributed by atoms with Crippen molar-refractivity contribution in [1.29, 1.82) is 0 Å². The summed E-state index contributed by atoms with van der Waals surface area (Å²) in [6.07, 6.45) is 1.76. The van der Waals surface area contributed by atoms with Crippen molar-refractivity contribution in [3.05, 3.63) is 82.9 Å². The molecule has 2 atom stereocenters. The number of aromatic nitrogens is 3. The van der Waals surface area contributed by atoms with Crippen molar-refractivity contribution < 1.29 is 10.2 Å². The van der Waals surface area contributed by atoms with Gasteiger partial charge in [-0.25, -0.2) is 9.67 Å². The second kappa shape index (κ2) is 6.73. The molecule has 5 nitrogen and oxygen atoms in total. The third-order valence-corrected chi connectivity index (χ3v) is 4.31. The summed E-state index contributed by atoms with van der Waals surface area (Å²) in [5.74, 6) is 0. The van der Waals surface area contributed by atoms with Gasteiger partial charge in [0.15, 0.2) is 0 Å². The molecule has 6 heteroatoms. The van der Waals surface area contributed by atoms with Crippen LogP contribution in [0.1, 0.15) is 22.8 Å². The molecule has 2 unspecified atom stereocenters. The van der Waals surface area contributed by atoms with Gasteiger partial charge in [0.05, 0.1) is 6.54 Å². The Labute approximate surface area is 145 Å². The molecule has 3 aromatic rings. The highest BCUT2D eigenvalue weighted by atomic mass is 35.5.